The molecule has 1 amide bonds. The summed E-state index contributed by atoms with van der Waals surface area (Å²) < 4.78 is 14.4. The fourth-order valence-electron chi connectivity index (χ4n) is 1.81. The number of benzene rings is 2. The second kappa shape index (κ2) is 7.78. The Balaban J connectivity index is 1.70. The summed E-state index contributed by atoms with van der Waals surface area (Å²) in [5.74, 6) is -0.409. The third-order valence-corrected chi connectivity index (χ3v) is 3.49. The second-order valence-corrected chi connectivity index (χ2v) is 5.47. The maximum atomic E-state index is 13.4. The van der Waals surface area contributed by atoms with E-state index in [2.05, 4.69) is 26.6 Å². The van der Waals surface area contributed by atoms with E-state index < -0.39 is 0 Å². The van der Waals surface area contributed by atoms with E-state index in [0.717, 1.165) is 10.2 Å². The van der Waals surface area contributed by atoms with Crippen LogP contribution in [-0.2, 0) is 11.3 Å². The van der Waals surface area contributed by atoms with Crippen LogP contribution in [0.3, 0.4) is 0 Å². The van der Waals surface area contributed by atoms with E-state index in [1.54, 1.807) is 18.2 Å². The molecule has 3 nitrogen and oxygen atoms in total. The predicted molar refractivity (Wildman–Crippen MR) is 85.5 cm³/mol. The van der Waals surface area contributed by atoms with Crippen molar-refractivity contribution >= 4 is 27.5 Å². The standard InChI is InChI=1S/C16H16BrFN2O/c17-13-5-7-14(8-6-13)19-10-9-16(21)20-11-12-3-1-2-4-15(12)18/h1-8,19H,9-11H2,(H,20,21). The molecule has 0 radical (unpaired) electrons. The average Bonchev–Trinajstić information content (AvgIpc) is 2.48. The molecule has 2 rings (SSSR count). The highest BCUT2D eigenvalue weighted by molar-refractivity contribution is 9.10. The predicted octanol–water partition coefficient (Wildman–Crippen LogP) is 3.71. The molecule has 0 aliphatic heterocycles. The van der Waals surface area contributed by atoms with E-state index in [1.165, 1.54) is 6.07 Å². The highest BCUT2D eigenvalue weighted by Gasteiger charge is 2.04. The first-order chi connectivity index (χ1) is 10.1. The first kappa shape index (κ1) is 15.5. The second-order valence-electron chi connectivity index (χ2n) is 4.55. The van der Waals surface area contributed by atoms with Crippen molar-refractivity contribution in [3.05, 3.63) is 64.4 Å². The molecule has 0 heterocycles. The Morgan fingerprint density at radius 3 is 2.52 bits per heavy atom. The van der Waals surface area contributed by atoms with Gasteiger partial charge in [0.25, 0.3) is 0 Å². The van der Waals surface area contributed by atoms with E-state index in [1.807, 2.05) is 24.3 Å². The minimum Gasteiger partial charge on any atom is -0.385 e. The number of carbonyl (C=O) groups is 1. The summed E-state index contributed by atoms with van der Waals surface area (Å²) in [4.78, 5) is 11.7. The summed E-state index contributed by atoms with van der Waals surface area (Å²) in [7, 11) is 0. The lowest BCUT2D eigenvalue weighted by atomic mass is 10.2. The van der Waals surface area contributed by atoms with E-state index in [9.17, 15) is 9.18 Å². The van der Waals surface area contributed by atoms with Gasteiger partial charge in [0.05, 0.1) is 0 Å². The molecule has 0 spiro atoms. The van der Waals surface area contributed by atoms with Gasteiger partial charge in [0.2, 0.25) is 5.91 Å². The van der Waals surface area contributed by atoms with Gasteiger partial charge in [-0.3, -0.25) is 4.79 Å². The molecule has 0 atom stereocenters. The third-order valence-electron chi connectivity index (χ3n) is 2.96. The Morgan fingerprint density at radius 2 is 1.81 bits per heavy atom. The Hall–Kier alpha value is -1.88. The molecule has 5 heteroatoms. The lowest BCUT2D eigenvalue weighted by Gasteiger charge is -2.08. The van der Waals surface area contributed by atoms with Crippen LogP contribution in [0, 0.1) is 5.82 Å². The monoisotopic (exact) mass is 350 g/mol. The van der Waals surface area contributed by atoms with E-state index in [4.69, 9.17) is 0 Å². The maximum absolute atomic E-state index is 13.4. The molecule has 2 aromatic rings. The lowest BCUT2D eigenvalue weighted by molar-refractivity contribution is -0.121. The van der Waals surface area contributed by atoms with Crippen molar-refractivity contribution in [3.8, 4) is 0 Å². The van der Waals surface area contributed by atoms with Crippen LogP contribution >= 0.6 is 15.9 Å². The molecular weight excluding hydrogens is 335 g/mol. The molecule has 0 saturated carbocycles. The Morgan fingerprint density at radius 1 is 1.10 bits per heavy atom. The molecule has 0 aromatic heterocycles. The summed E-state index contributed by atoms with van der Waals surface area (Å²) in [6.45, 7) is 0.745. The van der Waals surface area contributed by atoms with Crippen molar-refractivity contribution in [1.29, 1.82) is 0 Å². The number of halogens is 2. The number of hydrogen-bond donors (Lipinski definition) is 2. The molecule has 21 heavy (non-hydrogen) atoms. The Kier molecular flexibility index (Phi) is 5.75. The van der Waals surface area contributed by atoms with E-state index in [0.29, 0.717) is 18.5 Å². The summed E-state index contributed by atoms with van der Waals surface area (Å²) in [5.41, 5.74) is 1.45. The quantitative estimate of drug-likeness (QED) is 0.833. The average molecular weight is 351 g/mol. The molecular formula is C16H16BrFN2O. The largest absolute Gasteiger partial charge is 0.385 e. The summed E-state index contributed by atoms with van der Waals surface area (Å²) in [5, 5.41) is 5.87. The number of nitrogens with one attached hydrogen (secondary N) is 2. The minimum absolute atomic E-state index is 0.108. The van der Waals surface area contributed by atoms with Gasteiger partial charge in [-0.15, -0.1) is 0 Å². The number of amides is 1. The fraction of sp³-hybridized carbons (Fsp3) is 0.188. The van der Waals surface area contributed by atoms with Gasteiger partial charge in [0.15, 0.2) is 0 Å². The van der Waals surface area contributed by atoms with Crippen molar-refractivity contribution in [2.45, 2.75) is 13.0 Å². The maximum Gasteiger partial charge on any atom is 0.222 e. The van der Waals surface area contributed by atoms with Crippen LogP contribution in [-0.4, -0.2) is 12.5 Å². The minimum atomic E-state index is -0.300. The zero-order valence-corrected chi connectivity index (χ0v) is 13.0. The van der Waals surface area contributed by atoms with Gasteiger partial charge in [-0.2, -0.15) is 0 Å². The van der Waals surface area contributed by atoms with Crippen LogP contribution in [0.25, 0.3) is 0 Å². The number of rotatable bonds is 6. The number of carbonyl (C=O) groups excluding carboxylic acids is 1. The van der Waals surface area contributed by atoms with E-state index in [-0.39, 0.29) is 18.3 Å². The van der Waals surface area contributed by atoms with Gasteiger partial charge < -0.3 is 10.6 Å². The van der Waals surface area contributed by atoms with Crippen LogP contribution in [0.5, 0.6) is 0 Å². The van der Waals surface area contributed by atoms with Crippen molar-refractivity contribution in [1.82, 2.24) is 5.32 Å². The van der Waals surface area contributed by atoms with Gasteiger partial charge in [0.1, 0.15) is 5.82 Å². The van der Waals surface area contributed by atoms with Crippen molar-refractivity contribution in [3.63, 3.8) is 0 Å². The van der Waals surface area contributed by atoms with Crippen LogP contribution in [0.1, 0.15) is 12.0 Å². The molecule has 0 aliphatic rings. The normalized spacial score (nSPS) is 10.2. The summed E-state index contributed by atoms with van der Waals surface area (Å²) in [6, 6.07) is 14.2. The Bertz CT molecular complexity index is 601. The zero-order chi connectivity index (χ0) is 15.1. The smallest absolute Gasteiger partial charge is 0.222 e. The van der Waals surface area contributed by atoms with Crippen molar-refractivity contribution in [2.75, 3.05) is 11.9 Å². The topological polar surface area (TPSA) is 41.1 Å². The molecule has 0 aliphatic carbocycles. The first-order valence-corrected chi connectivity index (χ1v) is 7.44. The SMILES string of the molecule is O=C(CCNc1ccc(Br)cc1)NCc1ccccc1F. The van der Waals surface area contributed by atoms with Crippen LogP contribution in [0.2, 0.25) is 0 Å². The third kappa shape index (κ3) is 5.19. The van der Waals surface area contributed by atoms with Crippen LogP contribution in [0.4, 0.5) is 10.1 Å². The molecule has 0 fully saturated rings. The molecule has 2 aromatic carbocycles. The number of hydrogen-bond acceptors (Lipinski definition) is 2. The first-order valence-electron chi connectivity index (χ1n) is 6.65. The highest BCUT2D eigenvalue weighted by Crippen LogP contribution is 2.13. The molecule has 0 bridgehead atoms. The van der Waals surface area contributed by atoms with Gasteiger partial charge >= 0.3 is 0 Å². The van der Waals surface area contributed by atoms with Gasteiger partial charge in [-0.1, -0.05) is 34.1 Å². The summed E-state index contributed by atoms with van der Waals surface area (Å²) in [6.07, 6.45) is 0.338. The lowest BCUT2D eigenvalue weighted by Crippen LogP contribution is -2.25. The van der Waals surface area contributed by atoms with Crippen molar-refractivity contribution in [2.24, 2.45) is 0 Å². The van der Waals surface area contributed by atoms with Crippen LogP contribution < -0.4 is 10.6 Å². The highest BCUT2D eigenvalue weighted by atomic mass is 79.9. The van der Waals surface area contributed by atoms with Gasteiger partial charge in [0, 0.05) is 35.2 Å². The summed E-state index contributed by atoms with van der Waals surface area (Å²) >= 11 is 3.36. The molecule has 110 valence electrons. The fourth-order valence-corrected chi connectivity index (χ4v) is 2.08. The van der Waals surface area contributed by atoms with Crippen molar-refractivity contribution < 1.29 is 9.18 Å². The van der Waals surface area contributed by atoms with Gasteiger partial charge in [-0.25, -0.2) is 4.39 Å². The Labute approximate surface area is 131 Å². The zero-order valence-electron chi connectivity index (χ0n) is 11.4. The molecule has 2 N–H and O–H groups in total. The van der Waals surface area contributed by atoms with E-state index >= 15 is 0 Å². The number of anilines is 1. The van der Waals surface area contributed by atoms with Gasteiger partial charge in [-0.05, 0) is 30.3 Å². The van der Waals surface area contributed by atoms with Crippen LogP contribution in [0.15, 0.2) is 53.0 Å². The molecule has 0 unspecified atom stereocenters. The molecule has 0 saturated heterocycles.